The molecule has 3 aromatic rings. The number of rotatable bonds is 6. The lowest BCUT2D eigenvalue weighted by molar-refractivity contribution is 0.692. The first kappa shape index (κ1) is 17.3. The molecule has 0 aliphatic carbocycles. The van der Waals surface area contributed by atoms with Gasteiger partial charge in [0.05, 0.1) is 11.1 Å². The minimum atomic E-state index is -0.243. The number of thioether (sulfide) groups is 1. The standard InChI is InChI=1S/C18H21N5OS/c1-13-8-7-11-17(23-18(24)22(3)20-21-23)16(13)12-25-14(2)19-15-9-5-4-6-10-15/h4-11,14,19H,12H2,1-3H3. The average Bonchev–Trinajstić information content (AvgIpc) is 2.93. The van der Waals surface area contributed by atoms with Crippen LogP contribution in [-0.2, 0) is 12.8 Å². The largest absolute Gasteiger partial charge is 0.374 e. The van der Waals surface area contributed by atoms with E-state index in [1.54, 1.807) is 18.8 Å². The van der Waals surface area contributed by atoms with Crippen LogP contribution >= 0.6 is 11.8 Å². The zero-order chi connectivity index (χ0) is 17.8. The number of aryl methyl sites for hydroxylation is 2. The minimum absolute atomic E-state index is 0.230. The first-order valence-electron chi connectivity index (χ1n) is 8.07. The molecule has 2 aromatic carbocycles. The van der Waals surface area contributed by atoms with Crippen molar-refractivity contribution in [1.82, 2.24) is 19.8 Å². The summed E-state index contributed by atoms with van der Waals surface area (Å²) in [5.41, 5.74) is 3.87. The second kappa shape index (κ2) is 7.57. The predicted molar refractivity (Wildman–Crippen MR) is 102 cm³/mol. The maximum atomic E-state index is 12.2. The highest BCUT2D eigenvalue weighted by Crippen LogP contribution is 2.25. The van der Waals surface area contributed by atoms with Gasteiger partial charge < -0.3 is 5.32 Å². The molecule has 1 N–H and O–H groups in total. The Morgan fingerprint density at radius 1 is 1.12 bits per heavy atom. The minimum Gasteiger partial charge on any atom is -0.374 e. The summed E-state index contributed by atoms with van der Waals surface area (Å²) in [6.07, 6.45) is 0. The summed E-state index contributed by atoms with van der Waals surface area (Å²) in [6.45, 7) is 4.18. The highest BCUT2D eigenvalue weighted by Gasteiger charge is 2.14. The summed E-state index contributed by atoms with van der Waals surface area (Å²) in [7, 11) is 1.60. The summed E-state index contributed by atoms with van der Waals surface area (Å²) in [5.74, 6) is 0.770. The zero-order valence-corrected chi connectivity index (χ0v) is 15.3. The third-order valence-corrected chi connectivity index (χ3v) is 5.03. The van der Waals surface area contributed by atoms with Crippen LogP contribution in [0.15, 0.2) is 53.3 Å². The second-order valence-electron chi connectivity index (χ2n) is 5.83. The van der Waals surface area contributed by atoms with Crippen molar-refractivity contribution < 1.29 is 0 Å². The first-order chi connectivity index (χ1) is 12.1. The Morgan fingerprint density at radius 2 is 1.88 bits per heavy atom. The topological polar surface area (TPSA) is 64.7 Å². The second-order valence-corrected chi connectivity index (χ2v) is 7.16. The Hall–Kier alpha value is -2.54. The SMILES string of the molecule is Cc1cccc(-n2nnn(C)c2=O)c1CSC(C)Nc1ccccc1. The Bertz CT molecular complexity index is 903. The molecular formula is C18H21N5OS. The van der Waals surface area contributed by atoms with Crippen molar-refractivity contribution in [2.45, 2.75) is 25.0 Å². The van der Waals surface area contributed by atoms with Crippen molar-refractivity contribution in [2.75, 3.05) is 5.32 Å². The van der Waals surface area contributed by atoms with Crippen LogP contribution in [0.3, 0.4) is 0 Å². The molecule has 3 rings (SSSR count). The molecule has 1 aromatic heterocycles. The maximum Gasteiger partial charge on any atom is 0.368 e. The van der Waals surface area contributed by atoms with Gasteiger partial charge in [-0.15, -0.1) is 11.8 Å². The van der Waals surface area contributed by atoms with Crippen LogP contribution < -0.4 is 11.0 Å². The van der Waals surface area contributed by atoms with E-state index in [9.17, 15) is 4.79 Å². The van der Waals surface area contributed by atoms with E-state index in [4.69, 9.17) is 0 Å². The fraction of sp³-hybridized carbons (Fsp3) is 0.278. The van der Waals surface area contributed by atoms with Crippen LogP contribution in [0.2, 0.25) is 0 Å². The summed E-state index contributed by atoms with van der Waals surface area (Å²) in [6, 6.07) is 16.0. The van der Waals surface area contributed by atoms with Gasteiger partial charge in [-0.05, 0) is 53.6 Å². The van der Waals surface area contributed by atoms with Gasteiger partial charge in [0, 0.05) is 18.5 Å². The number of hydrogen-bond acceptors (Lipinski definition) is 5. The highest BCUT2D eigenvalue weighted by molar-refractivity contribution is 7.99. The lowest BCUT2D eigenvalue weighted by atomic mass is 10.1. The molecule has 1 heterocycles. The van der Waals surface area contributed by atoms with Crippen LogP contribution in [0.1, 0.15) is 18.1 Å². The lowest BCUT2D eigenvalue weighted by Gasteiger charge is -2.17. The Morgan fingerprint density at radius 3 is 2.56 bits per heavy atom. The number of nitrogens with zero attached hydrogens (tertiary/aromatic N) is 4. The Labute approximate surface area is 150 Å². The van der Waals surface area contributed by atoms with E-state index < -0.39 is 0 Å². The summed E-state index contributed by atoms with van der Waals surface area (Å²) in [5, 5.41) is 11.5. The molecule has 0 saturated carbocycles. The average molecular weight is 355 g/mol. The molecule has 0 aliphatic rings. The molecule has 1 unspecified atom stereocenters. The van der Waals surface area contributed by atoms with E-state index in [0.29, 0.717) is 0 Å². The molecule has 1 atom stereocenters. The lowest BCUT2D eigenvalue weighted by Crippen LogP contribution is -2.23. The van der Waals surface area contributed by atoms with Crippen molar-refractivity contribution in [3.63, 3.8) is 0 Å². The molecule has 0 aliphatic heterocycles. The molecule has 0 bridgehead atoms. The highest BCUT2D eigenvalue weighted by atomic mass is 32.2. The van der Waals surface area contributed by atoms with E-state index in [1.165, 1.54) is 9.36 Å². The van der Waals surface area contributed by atoms with Crippen molar-refractivity contribution in [1.29, 1.82) is 0 Å². The van der Waals surface area contributed by atoms with Gasteiger partial charge in [0.2, 0.25) is 0 Å². The third kappa shape index (κ3) is 3.93. The molecule has 130 valence electrons. The number of anilines is 1. The van der Waals surface area contributed by atoms with Crippen LogP contribution in [0.5, 0.6) is 0 Å². The summed E-state index contributed by atoms with van der Waals surface area (Å²) < 4.78 is 2.59. The molecule has 0 fully saturated rings. The zero-order valence-electron chi connectivity index (χ0n) is 14.5. The van der Waals surface area contributed by atoms with Crippen molar-refractivity contribution in [3.8, 4) is 5.69 Å². The van der Waals surface area contributed by atoms with Crippen LogP contribution in [0, 0.1) is 6.92 Å². The molecular weight excluding hydrogens is 334 g/mol. The molecule has 7 heteroatoms. The van der Waals surface area contributed by atoms with Gasteiger partial charge in [-0.25, -0.2) is 4.79 Å². The van der Waals surface area contributed by atoms with Gasteiger partial charge in [0.25, 0.3) is 0 Å². The maximum absolute atomic E-state index is 12.2. The molecule has 6 nitrogen and oxygen atoms in total. The van der Waals surface area contributed by atoms with E-state index in [-0.39, 0.29) is 11.1 Å². The number of hydrogen-bond donors (Lipinski definition) is 1. The van der Waals surface area contributed by atoms with Gasteiger partial charge in [0.15, 0.2) is 0 Å². The fourth-order valence-corrected chi connectivity index (χ4v) is 3.57. The fourth-order valence-electron chi connectivity index (χ4n) is 2.56. The number of aromatic nitrogens is 4. The molecule has 0 spiro atoms. The van der Waals surface area contributed by atoms with Crippen molar-refractivity contribution >= 4 is 17.4 Å². The number of benzene rings is 2. The van der Waals surface area contributed by atoms with Gasteiger partial charge in [-0.3, -0.25) is 0 Å². The molecule has 25 heavy (non-hydrogen) atoms. The van der Waals surface area contributed by atoms with Crippen LogP contribution in [0.4, 0.5) is 5.69 Å². The smallest absolute Gasteiger partial charge is 0.368 e. The number of tetrazole rings is 1. The quantitative estimate of drug-likeness (QED) is 0.689. The van der Waals surface area contributed by atoms with Crippen LogP contribution in [0.25, 0.3) is 5.69 Å². The van der Waals surface area contributed by atoms with E-state index >= 15 is 0 Å². The van der Waals surface area contributed by atoms with Gasteiger partial charge in [0.1, 0.15) is 0 Å². The first-order valence-corrected chi connectivity index (χ1v) is 9.12. The normalized spacial score (nSPS) is 12.1. The van der Waals surface area contributed by atoms with Crippen LogP contribution in [-0.4, -0.2) is 25.2 Å². The van der Waals surface area contributed by atoms with Gasteiger partial charge in [-0.1, -0.05) is 30.3 Å². The Kier molecular flexibility index (Phi) is 5.23. The van der Waals surface area contributed by atoms with E-state index in [0.717, 1.165) is 28.3 Å². The van der Waals surface area contributed by atoms with Gasteiger partial charge >= 0.3 is 5.69 Å². The molecule has 0 saturated heterocycles. The van der Waals surface area contributed by atoms with Gasteiger partial charge in [-0.2, -0.15) is 9.36 Å². The Balaban J connectivity index is 1.78. The monoisotopic (exact) mass is 355 g/mol. The van der Waals surface area contributed by atoms with E-state index in [2.05, 4.69) is 47.8 Å². The number of nitrogens with one attached hydrogen (secondary N) is 1. The van der Waals surface area contributed by atoms with E-state index in [1.807, 2.05) is 30.3 Å². The summed E-state index contributed by atoms with van der Waals surface area (Å²) in [4.78, 5) is 12.2. The molecule has 0 radical (unpaired) electrons. The molecule has 0 amide bonds. The predicted octanol–water partition coefficient (Wildman–Crippen LogP) is 2.97. The van der Waals surface area contributed by atoms with Crippen molar-refractivity contribution in [3.05, 3.63) is 70.1 Å². The summed E-state index contributed by atoms with van der Waals surface area (Å²) >= 11 is 1.78. The number of para-hydroxylation sites is 1. The third-order valence-electron chi connectivity index (χ3n) is 3.96. The van der Waals surface area contributed by atoms with Crippen molar-refractivity contribution in [2.24, 2.45) is 7.05 Å².